The van der Waals surface area contributed by atoms with Gasteiger partial charge in [-0.15, -0.1) is 0 Å². The molecule has 2 aromatic rings. The minimum Gasteiger partial charge on any atom is -0.334 e. The Labute approximate surface area is 133 Å². The Balaban J connectivity index is 1.73. The van der Waals surface area contributed by atoms with Gasteiger partial charge in [-0.1, -0.05) is 13.8 Å². The van der Waals surface area contributed by atoms with Gasteiger partial charge >= 0.3 is 0 Å². The Bertz CT molecular complexity index is 854. The quantitative estimate of drug-likeness (QED) is 0.917. The van der Waals surface area contributed by atoms with Crippen molar-refractivity contribution < 1.29 is 17.6 Å². The van der Waals surface area contributed by atoms with Crippen molar-refractivity contribution in [3.63, 3.8) is 0 Å². The van der Waals surface area contributed by atoms with E-state index >= 15 is 0 Å². The second kappa shape index (κ2) is 5.59. The van der Waals surface area contributed by atoms with E-state index in [-0.39, 0.29) is 36.4 Å². The van der Waals surface area contributed by atoms with Crippen LogP contribution in [0.5, 0.6) is 0 Å². The van der Waals surface area contributed by atoms with E-state index < -0.39 is 20.9 Å². The van der Waals surface area contributed by atoms with Crippen molar-refractivity contribution in [3.8, 4) is 0 Å². The van der Waals surface area contributed by atoms with E-state index in [4.69, 9.17) is 0 Å². The predicted octanol–water partition coefficient (Wildman–Crippen LogP) is 1.60. The van der Waals surface area contributed by atoms with Gasteiger partial charge in [-0.05, 0) is 24.1 Å². The highest BCUT2D eigenvalue weighted by Crippen LogP contribution is 2.24. The molecule has 3 rings (SSSR count). The zero-order valence-corrected chi connectivity index (χ0v) is 13.7. The van der Waals surface area contributed by atoms with E-state index in [0.29, 0.717) is 10.9 Å². The molecule has 1 saturated heterocycles. The third-order valence-electron chi connectivity index (χ3n) is 3.94. The molecule has 1 aliphatic heterocycles. The van der Waals surface area contributed by atoms with Crippen LogP contribution in [-0.2, 0) is 9.84 Å². The first kappa shape index (κ1) is 15.9. The number of fused-ring (bicyclic) bond motifs is 1. The number of sulfone groups is 1. The summed E-state index contributed by atoms with van der Waals surface area (Å²) < 4.78 is 37.4. The lowest BCUT2D eigenvalue weighted by molar-refractivity contribution is 0.0654. The lowest BCUT2D eigenvalue weighted by atomic mass is 10.1. The molecule has 1 fully saturated rings. The van der Waals surface area contributed by atoms with E-state index in [9.17, 15) is 17.6 Å². The Morgan fingerprint density at radius 2 is 2.13 bits per heavy atom. The first-order valence-electron chi connectivity index (χ1n) is 7.42. The fourth-order valence-electron chi connectivity index (χ4n) is 2.74. The number of likely N-dealkylation sites (tertiary alicyclic amines) is 1. The molecule has 0 saturated carbocycles. The number of carbonyl (C=O) groups excluding carboxylic acids is 1. The number of rotatable bonds is 4. The molecule has 0 atom stereocenters. The molecular weight excluding hydrogens is 321 g/mol. The number of aromatic nitrogens is 2. The van der Waals surface area contributed by atoms with Crippen LogP contribution in [0, 0.1) is 11.7 Å². The van der Waals surface area contributed by atoms with Crippen LogP contribution in [0.1, 0.15) is 24.3 Å². The number of nitrogens with one attached hydrogen (secondary N) is 1. The van der Waals surface area contributed by atoms with Gasteiger partial charge in [-0.2, -0.15) is 5.10 Å². The predicted molar refractivity (Wildman–Crippen MR) is 84.4 cm³/mol. The Kier molecular flexibility index (Phi) is 3.87. The van der Waals surface area contributed by atoms with Crippen molar-refractivity contribution in [2.45, 2.75) is 19.1 Å². The number of nitrogens with zero attached hydrogens (tertiary/aromatic N) is 2. The maximum atomic E-state index is 13.2. The molecule has 2 heterocycles. The summed E-state index contributed by atoms with van der Waals surface area (Å²) in [6.07, 6.45) is 0. The van der Waals surface area contributed by atoms with Crippen molar-refractivity contribution in [2.75, 3.05) is 18.8 Å². The SMILES string of the molecule is CC(C)CS(=O)(=O)C1CN(C(=O)c2n[nH]c3cc(F)ccc23)C1. The molecule has 1 N–H and O–H groups in total. The summed E-state index contributed by atoms with van der Waals surface area (Å²) in [4.78, 5) is 13.9. The Hall–Kier alpha value is -1.96. The molecule has 23 heavy (non-hydrogen) atoms. The summed E-state index contributed by atoms with van der Waals surface area (Å²) in [6.45, 7) is 4.08. The Morgan fingerprint density at radius 3 is 2.78 bits per heavy atom. The molecule has 1 aliphatic rings. The molecule has 0 radical (unpaired) electrons. The standard InChI is InChI=1S/C15H18FN3O3S/c1-9(2)8-23(21,22)11-6-19(7-11)15(20)14-12-4-3-10(16)5-13(12)17-18-14/h3-5,9,11H,6-8H2,1-2H3,(H,17,18). The average Bonchev–Trinajstić information content (AvgIpc) is 2.77. The smallest absolute Gasteiger partial charge is 0.275 e. The number of halogens is 1. The molecule has 1 aromatic carbocycles. The third-order valence-corrected chi connectivity index (χ3v) is 6.38. The zero-order chi connectivity index (χ0) is 16.8. The molecule has 6 nitrogen and oxygen atoms in total. The highest BCUT2D eigenvalue weighted by Gasteiger charge is 2.40. The van der Waals surface area contributed by atoms with E-state index in [1.54, 1.807) is 0 Å². The number of hydrogen-bond acceptors (Lipinski definition) is 4. The molecule has 0 aliphatic carbocycles. The molecular formula is C15H18FN3O3S. The highest BCUT2D eigenvalue weighted by atomic mass is 32.2. The summed E-state index contributed by atoms with van der Waals surface area (Å²) in [5.41, 5.74) is 0.637. The van der Waals surface area contributed by atoms with Crippen molar-refractivity contribution in [1.82, 2.24) is 15.1 Å². The van der Waals surface area contributed by atoms with Crippen LogP contribution in [0.4, 0.5) is 4.39 Å². The van der Waals surface area contributed by atoms with Crippen LogP contribution >= 0.6 is 0 Å². The van der Waals surface area contributed by atoms with E-state index in [1.807, 2.05) is 13.8 Å². The van der Waals surface area contributed by atoms with E-state index in [2.05, 4.69) is 10.2 Å². The second-order valence-corrected chi connectivity index (χ2v) is 8.64. The average molecular weight is 339 g/mol. The van der Waals surface area contributed by atoms with Crippen LogP contribution in [0.3, 0.4) is 0 Å². The van der Waals surface area contributed by atoms with Crippen molar-refractivity contribution in [3.05, 3.63) is 29.7 Å². The third kappa shape index (κ3) is 2.95. The minimum absolute atomic E-state index is 0.0648. The van der Waals surface area contributed by atoms with E-state index in [1.165, 1.54) is 23.1 Å². The van der Waals surface area contributed by atoms with Gasteiger partial charge < -0.3 is 4.90 Å². The summed E-state index contributed by atoms with van der Waals surface area (Å²) in [5.74, 6) is -0.553. The van der Waals surface area contributed by atoms with Crippen molar-refractivity contribution >= 4 is 26.6 Å². The van der Waals surface area contributed by atoms with Crippen LogP contribution in [0.2, 0.25) is 0 Å². The fraction of sp³-hybridized carbons (Fsp3) is 0.467. The first-order valence-corrected chi connectivity index (χ1v) is 9.14. The normalized spacial score (nSPS) is 16.1. The van der Waals surface area contributed by atoms with Crippen molar-refractivity contribution in [2.24, 2.45) is 5.92 Å². The highest BCUT2D eigenvalue weighted by molar-refractivity contribution is 7.92. The van der Waals surface area contributed by atoms with Crippen LogP contribution in [0.15, 0.2) is 18.2 Å². The van der Waals surface area contributed by atoms with Crippen LogP contribution in [-0.4, -0.2) is 53.5 Å². The molecule has 0 unspecified atom stereocenters. The van der Waals surface area contributed by atoms with Gasteiger partial charge in [0.2, 0.25) is 0 Å². The van der Waals surface area contributed by atoms with E-state index in [0.717, 1.165) is 0 Å². The molecule has 0 bridgehead atoms. The number of carbonyl (C=O) groups is 1. The van der Waals surface area contributed by atoms with Crippen molar-refractivity contribution in [1.29, 1.82) is 0 Å². The summed E-state index contributed by atoms with van der Waals surface area (Å²) in [5, 5.41) is 6.60. The molecule has 124 valence electrons. The first-order chi connectivity index (χ1) is 10.8. The van der Waals surface area contributed by atoms with Gasteiger partial charge in [0, 0.05) is 18.5 Å². The van der Waals surface area contributed by atoms with Gasteiger partial charge in [0.05, 0.1) is 16.5 Å². The number of aromatic amines is 1. The molecule has 8 heteroatoms. The monoisotopic (exact) mass is 339 g/mol. The van der Waals surface area contributed by atoms with Crippen LogP contribution < -0.4 is 0 Å². The lowest BCUT2D eigenvalue weighted by Crippen LogP contribution is -2.57. The molecule has 0 spiro atoms. The summed E-state index contributed by atoms with van der Waals surface area (Å²) >= 11 is 0. The number of amides is 1. The zero-order valence-electron chi connectivity index (χ0n) is 12.9. The fourth-order valence-corrected chi connectivity index (χ4v) is 4.75. The van der Waals surface area contributed by atoms with Crippen LogP contribution in [0.25, 0.3) is 10.9 Å². The lowest BCUT2D eigenvalue weighted by Gasteiger charge is -2.38. The summed E-state index contributed by atoms with van der Waals surface area (Å²) in [7, 11) is -3.18. The maximum absolute atomic E-state index is 13.2. The second-order valence-electron chi connectivity index (χ2n) is 6.32. The largest absolute Gasteiger partial charge is 0.334 e. The van der Waals surface area contributed by atoms with Gasteiger partial charge in [-0.25, -0.2) is 12.8 Å². The van der Waals surface area contributed by atoms with Gasteiger partial charge in [-0.3, -0.25) is 9.89 Å². The van der Waals surface area contributed by atoms with Gasteiger partial charge in [0.1, 0.15) is 5.82 Å². The van der Waals surface area contributed by atoms with Gasteiger partial charge in [0.25, 0.3) is 5.91 Å². The minimum atomic E-state index is -3.18. The number of H-pyrrole nitrogens is 1. The maximum Gasteiger partial charge on any atom is 0.275 e. The van der Waals surface area contributed by atoms with Gasteiger partial charge in [0.15, 0.2) is 15.5 Å². The topological polar surface area (TPSA) is 83.1 Å². The Morgan fingerprint density at radius 1 is 1.43 bits per heavy atom. The molecule has 1 amide bonds. The molecule has 1 aromatic heterocycles. The number of hydrogen-bond donors (Lipinski definition) is 1. The number of benzene rings is 1. The summed E-state index contributed by atoms with van der Waals surface area (Å²) in [6, 6.07) is 4.03.